The van der Waals surface area contributed by atoms with Crippen molar-refractivity contribution in [1.29, 1.82) is 0 Å². The van der Waals surface area contributed by atoms with Crippen LogP contribution in [0.3, 0.4) is 0 Å². The molecule has 0 unspecified atom stereocenters. The number of nitrogens with zero attached hydrogens (tertiary/aromatic N) is 9. The number of amides is 12. The van der Waals surface area contributed by atoms with E-state index in [-0.39, 0.29) is 69.3 Å². The first-order valence-electron chi connectivity index (χ1n) is 36.2. The number of alkyl halides is 6. The van der Waals surface area contributed by atoms with Gasteiger partial charge in [-0.3, -0.25) is 57.5 Å². The summed E-state index contributed by atoms with van der Waals surface area (Å²) in [6.45, 7) is 4.92. The molecule has 0 aromatic heterocycles. The SMILES string of the molecule is CCO[C@@H]1C[C@H]2C(=O)NC3(CCC3)C(=O)N(C)[C@@H](C3CCCC3)C(=O)N(C)[C@H](C(=O)N(C)C)CC(=O)N(C)[C@@H](CC)C(=O)N[C@H]([C@@H](C)CC)C(=O)N(C)CC(=O)N(C)[C@H]3CCCCCN(C3=O)[C@@H](Cc3ccc(C(F)(F)F)cc3)C(=O)N(C)CC(=O)N[C@@H](CCc3ccc(C(F)(F)F)c(F)c3)C(=O)N2C1. The molecule has 3 saturated heterocycles. The van der Waals surface area contributed by atoms with E-state index in [1.54, 1.807) is 27.7 Å². The molecule has 105 heavy (non-hydrogen) atoms. The lowest BCUT2D eigenvalue weighted by atomic mass is 9.74. The number of halogens is 7. The lowest BCUT2D eigenvalue weighted by Crippen LogP contribution is -2.68. The number of ether oxygens (including phenoxy) is 1. The van der Waals surface area contributed by atoms with Gasteiger partial charge in [-0.05, 0) is 118 Å². The van der Waals surface area contributed by atoms with Crippen molar-refractivity contribution in [1.82, 2.24) is 60.0 Å². The van der Waals surface area contributed by atoms with Crippen LogP contribution in [0.15, 0.2) is 42.5 Å². The van der Waals surface area contributed by atoms with Gasteiger partial charge in [0.25, 0.3) is 0 Å². The molecule has 2 aromatic carbocycles. The molecule has 5 aliphatic rings. The van der Waals surface area contributed by atoms with E-state index in [0.29, 0.717) is 69.9 Å². The molecule has 7 rings (SSSR count). The van der Waals surface area contributed by atoms with E-state index >= 15 is 33.2 Å². The average molecular weight is 1490 g/mol. The Morgan fingerprint density at radius 3 is 1.85 bits per heavy atom. The lowest BCUT2D eigenvalue weighted by Gasteiger charge is -2.46. The molecule has 2 bridgehead atoms. The van der Waals surface area contributed by atoms with Gasteiger partial charge in [-0.25, -0.2) is 4.39 Å². The maximum absolute atomic E-state index is 15.4. The molecule has 12 amide bonds. The normalized spacial score (nSPS) is 26.3. The molecule has 32 heteroatoms. The Labute approximate surface area is 608 Å². The zero-order valence-electron chi connectivity index (χ0n) is 62.1. The summed E-state index contributed by atoms with van der Waals surface area (Å²) >= 11 is 0. The van der Waals surface area contributed by atoms with Crippen LogP contribution in [0, 0.1) is 17.7 Å². The highest BCUT2D eigenvalue weighted by molar-refractivity contribution is 6.01. The number of carbonyl (C=O) groups excluding carboxylic acids is 12. The van der Waals surface area contributed by atoms with E-state index in [9.17, 15) is 55.1 Å². The minimum absolute atomic E-state index is 0.0000961. The van der Waals surface area contributed by atoms with Crippen LogP contribution < -0.4 is 16.0 Å². The van der Waals surface area contributed by atoms with Crippen molar-refractivity contribution >= 4 is 70.9 Å². The predicted octanol–water partition coefficient (Wildman–Crippen LogP) is 5.19. The fourth-order valence-electron chi connectivity index (χ4n) is 15.0. The maximum Gasteiger partial charge on any atom is 0.419 e. The maximum atomic E-state index is 15.4. The highest BCUT2D eigenvalue weighted by Crippen LogP contribution is 2.39. The fraction of sp³-hybridized carbons (Fsp3) is 0.671. The average Bonchev–Trinajstić information content (AvgIpc) is 1.70. The van der Waals surface area contributed by atoms with E-state index in [4.69, 9.17) is 4.74 Å². The summed E-state index contributed by atoms with van der Waals surface area (Å²) in [7, 11) is 10.8. The van der Waals surface area contributed by atoms with Crippen molar-refractivity contribution in [2.45, 2.75) is 216 Å². The van der Waals surface area contributed by atoms with Crippen molar-refractivity contribution in [3.05, 3.63) is 70.5 Å². The minimum atomic E-state index is -5.07. The van der Waals surface area contributed by atoms with Crippen LogP contribution in [0.1, 0.15) is 153 Å². The van der Waals surface area contributed by atoms with Crippen molar-refractivity contribution in [2.24, 2.45) is 11.8 Å². The zero-order chi connectivity index (χ0) is 77.9. The smallest absolute Gasteiger partial charge is 0.377 e. The van der Waals surface area contributed by atoms with Gasteiger partial charge in [0.1, 0.15) is 59.7 Å². The summed E-state index contributed by atoms with van der Waals surface area (Å²) in [6, 6.07) is -5.36. The number of carbonyl (C=O) groups is 12. The molecular formula is C73H103F7N12O13. The summed E-state index contributed by atoms with van der Waals surface area (Å²) in [4.78, 5) is 190. The third-order valence-electron chi connectivity index (χ3n) is 21.7. The molecule has 5 fully saturated rings. The van der Waals surface area contributed by atoms with E-state index in [1.807, 2.05) is 0 Å². The molecule has 0 radical (unpaired) electrons. The van der Waals surface area contributed by atoms with Gasteiger partial charge in [-0.1, -0.05) is 71.1 Å². The first kappa shape index (κ1) is 83.8. The Balaban J connectivity index is 1.33. The first-order chi connectivity index (χ1) is 49.3. The van der Waals surface area contributed by atoms with Crippen molar-refractivity contribution in [2.75, 3.05) is 89.2 Å². The monoisotopic (exact) mass is 1490 g/mol. The van der Waals surface area contributed by atoms with Crippen LogP contribution in [-0.4, -0.2) is 264 Å². The topological polar surface area (TPSA) is 279 Å². The van der Waals surface area contributed by atoms with Gasteiger partial charge in [-0.15, -0.1) is 0 Å². The van der Waals surface area contributed by atoms with E-state index < -0.39 is 204 Å². The van der Waals surface area contributed by atoms with Crippen molar-refractivity contribution in [3.8, 4) is 0 Å². The van der Waals surface area contributed by atoms with Crippen LogP contribution in [0.4, 0.5) is 30.7 Å². The summed E-state index contributed by atoms with van der Waals surface area (Å²) in [5.41, 5.74) is -4.15. The van der Waals surface area contributed by atoms with Gasteiger partial charge in [-0.2, -0.15) is 26.3 Å². The quantitative estimate of drug-likeness (QED) is 0.231. The zero-order valence-corrected chi connectivity index (χ0v) is 62.1. The number of benzene rings is 2. The Kier molecular flexibility index (Phi) is 28.5. The number of fused-ring (bicyclic) bond motifs is 3. The number of nitrogens with one attached hydrogen (secondary N) is 3. The number of likely N-dealkylation sites (N-methyl/N-ethyl adjacent to an activating group) is 7. The highest BCUT2D eigenvalue weighted by atomic mass is 19.4. The Morgan fingerprint density at radius 2 is 1.28 bits per heavy atom. The molecule has 25 nitrogen and oxygen atoms in total. The highest BCUT2D eigenvalue weighted by Gasteiger charge is 2.54. The number of rotatable bonds is 12. The summed E-state index contributed by atoms with van der Waals surface area (Å²) in [5, 5.41) is 8.34. The Morgan fingerprint density at radius 1 is 0.648 bits per heavy atom. The Bertz CT molecular complexity index is 3500. The lowest BCUT2D eigenvalue weighted by molar-refractivity contribution is -0.157. The van der Waals surface area contributed by atoms with Crippen molar-refractivity contribution in [3.63, 3.8) is 0 Å². The number of hydrogen-bond acceptors (Lipinski definition) is 13. The van der Waals surface area contributed by atoms with Crippen LogP contribution in [0.25, 0.3) is 0 Å². The molecule has 2 aliphatic carbocycles. The van der Waals surface area contributed by atoms with Gasteiger partial charge >= 0.3 is 12.4 Å². The molecule has 582 valence electrons. The Hall–Kier alpha value is -8.45. The van der Waals surface area contributed by atoms with Gasteiger partial charge in [0.05, 0.1) is 36.7 Å². The van der Waals surface area contributed by atoms with E-state index in [1.165, 1.54) is 71.1 Å². The van der Waals surface area contributed by atoms with Crippen LogP contribution in [0.2, 0.25) is 0 Å². The second-order valence-electron chi connectivity index (χ2n) is 29.0. The van der Waals surface area contributed by atoms with Crippen LogP contribution in [-0.2, 0) is 87.5 Å². The molecule has 2 aromatic rings. The third kappa shape index (κ3) is 20.0. The van der Waals surface area contributed by atoms with Crippen LogP contribution >= 0.6 is 0 Å². The summed E-state index contributed by atoms with van der Waals surface area (Å²) < 4.78 is 104. The van der Waals surface area contributed by atoms with E-state index in [2.05, 4.69) is 16.0 Å². The van der Waals surface area contributed by atoms with Gasteiger partial charge in [0.2, 0.25) is 70.9 Å². The molecule has 1 spiro atoms. The largest absolute Gasteiger partial charge is 0.419 e. The molecule has 10 atom stereocenters. The minimum Gasteiger partial charge on any atom is -0.377 e. The molecular weight excluding hydrogens is 1390 g/mol. The van der Waals surface area contributed by atoms with Crippen LogP contribution in [0.5, 0.6) is 0 Å². The second-order valence-corrected chi connectivity index (χ2v) is 29.0. The summed E-state index contributed by atoms with van der Waals surface area (Å²) in [6.07, 6.45) is -8.28. The van der Waals surface area contributed by atoms with Gasteiger partial charge < -0.3 is 64.8 Å². The standard InChI is InChI=1S/C73H103F7N12O13/c1-13-43(4)60-68(102)86(8)42-59(95)88(10)53-24-17-16-20-35-91(67(53)101)56(37-45-25-29-47(30-26-45)72(75,76)77)66(100)85(7)41-57(93)81-51(32-28-44-27-31-49(50(74)36-44)73(78,79)80)64(98)92-40-48(105-15-3)38-54(92)63(97)83-71(33-21-34-71)70(104)90(12)61(46-22-18-19-23-46)69(103)89(11)55(65(99)84(5)6)39-58(94)87(9)52(14-2)62(96)82-60/h25-27,29-31,36,43,46,48,51-56,60-61H,13-24,28,32-35,37-42H2,1-12H3,(H,81,93)(H,82,96)(H,83,97)/t43-,48+,51-,52-,53-,54-,55-,56-,60+,61-/m0/s1. The number of aryl methyl sites for hydroxylation is 1. The van der Waals surface area contributed by atoms with Crippen molar-refractivity contribution < 1.29 is 93.0 Å². The molecule has 3 heterocycles. The predicted molar refractivity (Wildman–Crippen MR) is 369 cm³/mol. The molecule has 2 saturated carbocycles. The second kappa shape index (κ2) is 35.8. The molecule has 3 aliphatic heterocycles. The number of hydrogen-bond donors (Lipinski definition) is 3. The van der Waals surface area contributed by atoms with Gasteiger partial charge in [0.15, 0.2) is 0 Å². The van der Waals surface area contributed by atoms with E-state index in [0.717, 1.165) is 59.7 Å². The first-order valence-corrected chi connectivity index (χ1v) is 36.2. The van der Waals surface area contributed by atoms with Gasteiger partial charge in [0, 0.05) is 88.9 Å². The molecule has 3 N–H and O–H groups in total. The third-order valence-corrected chi connectivity index (χ3v) is 21.7. The summed E-state index contributed by atoms with van der Waals surface area (Å²) in [5.74, 6) is -12.2. The fourth-order valence-corrected chi connectivity index (χ4v) is 15.0.